The third kappa shape index (κ3) is 11.9. The van der Waals surface area contributed by atoms with Gasteiger partial charge in [0.1, 0.15) is 17.1 Å². The number of anilines is 6. The predicted octanol–water partition coefficient (Wildman–Crippen LogP) is 19.5. The molecule has 10 nitrogen and oxygen atoms in total. The third-order valence-corrected chi connectivity index (χ3v) is 16.9. The van der Waals surface area contributed by atoms with E-state index in [1.54, 1.807) is 37.6 Å². The van der Waals surface area contributed by atoms with E-state index < -0.39 is 13.0 Å². The van der Waals surface area contributed by atoms with Gasteiger partial charge in [0.2, 0.25) is 5.71 Å². The number of ether oxygens (including phenoxy) is 1. The molecule has 14 rings (SSSR count). The van der Waals surface area contributed by atoms with Gasteiger partial charge in [-0.1, -0.05) is 170 Å². The molecule has 0 spiro atoms. The number of benzene rings is 12. The van der Waals surface area contributed by atoms with Crippen LogP contribution in [0.15, 0.2) is 259 Å². The maximum absolute atomic E-state index is 13.1. The van der Waals surface area contributed by atoms with Gasteiger partial charge in [0.15, 0.2) is 5.82 Å². The van der Waals surface area contributed by atoms with Crippen LogP contribution in [-0.4, -0.2) is 30.1 Å². The van der Waals surface area contributed by atoms with Gasteiger partial charge in [0.25, 0.3) is 5.69 Å². The number of halogens is 1. The highest BCUT2D eigenvalue weighted by Gasteiger charge is 2.17. The van der Waals surface area contributed by atoms with Crippen molar-refractivity contribution < 1.29 is 18.5 Å². The van der Waals surface area contributed by atoms with Crippen molar-refractivity contribution in [3.63, 3.8) is 0 Å². The lowest BCUT2D eigenvalue weighted by molar-refractivity contribution is -0.384. The number of rotatable bonds is 12. The van der Waals surface area contributed by atoms with E-state index in [0.29, 0.717) is 22.8 Å². The van der Waals surface area contributed by atoms with Crippen LogP contribution in [0.25, 0.3) is 88.0 Å². The molecule has 0 unspecified atom stereocenters. The molecule has 2 heterocycles. The Morgan fingerprint density at radius 2 is 1.04 bits per heavy atom. The number of hydrogen-bond acceptors (Lipinski definition) is 9. The van der Waals surface area contributed by atoms with Crippen molar-refractivity contribution in [2.75, 3.05) is 23.1 Å². The maximum atomic E-state index is 13.1. The van der Waals surface area contributed by atoms with E-state index in [4.69, 9.17) is 9.15 Å². The number of non-ortho nitro benzene ring substituents is 1. The van der Waals surface area contributed by atoms with E-state index in [1.165, 1.54) is 67.5 Å². The fourth-order valence-corrected chi connectivity index (χ4v) is 11.6. The summed E-state index contributed by atoms with van der Waals surface area (Å²) in [5, 5.41) is 32.4. The summed E-state index contributed by atoms with van der Waals surface area (Å²) in [6, 6.07) is 81.6. The lowest BCUT2D eigenvalue weighted by Gasteiger charge is -2.18. The van der Waals surface area contributed by atoms with Gasteiger partial charge in [-0.3, -0.25) is 10.1 Å². The molecule has 0 aliphatic heterocycles. The van der Waals surface area contributed by atoms with Gasteiger partial charge in [-0.15, -0.1) is 0 Å². The highest BCUT2D eigenvalue weighted by molar-refractivity contribution is 6.88. The van der Waals surface area contributed by atoms with Crippen LogP contribution in [0.4, 0.5) is 44.2 Å². The van der Waals surface area contributed by atoms with Crippen molar-refractivity contribution in [2.24, 2.45) is 0 Å². The molecule has 0 saturated heterocycles. The first kappa shape index (κ1) is 53.9. The number of nitrogens with zero attached hydrogens (tertiary/aromatic N) is 3. The van der Waals surface area contributed by atoms with E-state index in [-0.39, 0.29) is 11.5 Å². The fraction of sp³-hybridized carbons (Fsp3) is 0.0556. The largest absolute Gasteiger partial charge is 0.497 e. The Morgan fingerprint density at radius 3 is 1.68 bits per heavy atom. The Labute approximate surface area is 486 Å². The molecule has 0 bridgehead atoms. The van der Waals surface area contributed by atoms with Crippen molar-refractivity contribution in [3.05, 3.63) is 271 Å². The summed E-state index contributed by atoms with van der Waals surface area (Å²) in [6.07, 6.45) is 1.77. The summed E-state index contributed by atoms with van der Waals surface area (Å²) in [7, 11) is 0.399. The minimum atomic E-state index is -1.27. The molecule has 0 aliphatic carbocycles. The molecule has 14 aromatic rings. The number of methoxy groups -OCH3 is 1. The van der Waals surface area contributed by atoms with Gasteiger partial charge in [0.05, 0.1) is 25.5 Å². The van der Waals surface area contributed by atoms with Crippen LogP contribution in [0.3, 0.4) is 0 Å². The van der Waals surface area contributed by atoms with Gasteiger partial charge < -0.3 is 25.1 Å². The van der Waals surface area contributed by atoms with Crippen LogP contribution in [-0.2, 0) is 0 Å². The van der Waals surface area contributed by atoms with Crippen LogP contribution >= 0.6 is 0 Å². The number of aromatic nitrogens is 2. The number of nitro benzene ring substituents is 1. The summed E-state index contributed by atoms with van der Waals surface area (Å²) in [6.45, 7) is 7.16. The monoisotopic (exact) mass is 1120 g/mol. The smallest absolute Gasteiger partial charge is 0.271 e. The number of nitrogens with one attached hydrogen (secondary N) is 3. The topological polar surface area (TPSA) is 127 Å². The average Bonchev–Trinajstić information content (AvgIpc) is 1.32. The third-order valence-electron chi connectivity index (χ3n) is 14.8. The maximum Gasteiger partial charge on any atom is 0.271 e. The Balaban J connectivity index is 0.000000124. The number of nitro groups is 1. The molecule has 2 aromatic heterocycles. The number of furan rings is 1. The van der Waals surface area contributed by atoms with E-state index in [0.717, 1.165) is 67.1 Å². The molecule has 0 atom stereocenters. The second kappa shape index (κ2) is 23.4. The second-order valence-electron chi connectivity index (χ2n) is 21.5. The Kier molecular flexibility index (Phi) is 15.0. The van der Waals surface area contributed by atoms with Crippen LogP contribution in [0, 0.1) is 15.9 Å². The molecular weight excluding hydrogens is 1060 g/mol. The normalized spacial score (nSPS) is 11.2. The lowest BCUT2D eigenvalue weighted by atomic mass is 9.93. The zero-order valence-corrected chi connectivity index (χ0v) is 47.6. The lowest BCUT2D eigenvalue weighted by Crippen LogP contribution is -2.37. The molecule has 12 aromatic carbocycles. The minimum absolute atomic E-state index is 0.0310. The number of fused-ring (bicyclic) bond motifs is 3. The van der Waals surface area contributed by atoms with E-state index in [9.17, 15) is 14.5 Å². The SMILES string of the molecule is COc1ccc(-c2ccc(Nc3ccc(-c4ccc(F)cc4)cc3)cc2)cc1.C[Si](C)(C)c1ccc(Nc2cc3cccc4ccc5cccc2c5c43)cc1.O=[N+]([O-])c1cccc(Nc2ccc3c(c2)oc2nc(-c4ccccc4)ncc23)c1. The minimum Gasteiger partial charge on any atom is -0.497 e. The summed E-state index contributed by atoms with van der Waals surface area (Å²) in [5.41, 5.74) is 12.2. The molecule has 84 heavy (non-hydrogen) atoms. The first-order valence-electron chi connectivity index (χ1n) is 27.6. The molecule has 0 aliphatic rings. The van der Waals surface area contributed by atoms with Gasteiger partial charge in [-0.05, 0) is 134 Å². The Morgan fingerprint density at radius 1 is 0.488 bits per heavy atom. The molecular formula is C72H57FN6O4Si. The molecule has 0 fully saturated rings. The van der Waals surface area contributed by atoms with E-state index in [1.807, 2.05) is 84.9 Å². The van der Waals surface area contributed by atoms with Crippen LogP contribution in [0.5, 0.6) is 5.75 Å². The second-order valence-corrected chi connectivity index (χ2v) is 26.5. The molecule has 0 amide bonds. The summed E-state index contributed by atoms with van der Waals surface area (Å²) in [5.74, 6) is 1.23. The Hall–Kier alpha value is -10.7. The summed E-state index contributed by atoms with van der Waals surface area (Å²) >= 11 is 0. The molecule has 0 radical (unpaired) electrons. The van der Waals surface area contributed by atoms with Crippen LogP contribution in [0.1, 0.15) is 0 Å². The highest BCUT2D eigenvalue weighted by atomic mass is 28.3. The highest BCUT2D eigenvalue weighted by Crippen LogP contribution is 2.40. The molecule has 0 saturated carbocycles. The van der Waals surface area contributed by atoms with Crippen molar-refractivity contribution >= 4 is 107 Å². The van der Waals surface area contributed by atoms with E-state index >= 15 is 0 Å². The zero-order chi connectivity index (χ0) is 57.7. The van der Waals surface area contributed by atoms with Gasteiger partial charge in [-0.25, -0.2) is 9.37 Å². The molecule has 3 N–H and O–H groups in total. The average molecular weight is 1120 g/mol. The first-order valence-corrected chi connectivity index (χ1v) is 31.1. The molecule has 12 heteroatoms. The van der Waals surface area contributed by atoms with Gasteiger partial charge in [0, 0.05) is 74.9 Å². The molecule has 410 valence electrons. The summed E-state index contributed by atoms with van der Waals surface area (Å²) < 4.78 is 24.2. The number of hydrogen-bond donors (Lipinski definition) is 3. The quantitative estimate of drug-likeness (QED) is 0.0474. The summed E-state index contributed by atoms with van der Waals surface area (Å²) in [4.78, 5) is 19.6. The zero-order valence-electron chi connectivity index (χ0n) is 46.6. The van der Waals surface area contributed by atoms with Crippen LogP contribution < -0.4 is 25.9 Å². The van der Waals surface area contributed by atoms with Crippen LogP contribution in [0.2, 0.25) is 19.6 Å². The van der Waals surface area contributed by atoms with Crippen molar-refractivity contribution in [1.82, 2.24) is 9.97 Å². The first-order chi connectivity index (χ1) is 40.9. The van der Waals surface area contributed by atoms with Gasteiger partial charge >= 0.3 is 0 Å². The van der Waals surface area contributed by atoms with Crippen molar-refractivity contribution in [3.8, 4) is 39.4 Å². The van der Waals surface area contributed by atoms with Crippen molar-refractivity contribution in [2.45, 2.75) is 19.6 Å². The van der Waals surface area contributed by atoms with Crippen molar-refractivity contribution in [1.29, 1.82) is 0 Å². The van der Waals surface area contributed by atoms with E-state index in [2.05, 4.69) is 161 Å². The van der Waals surface area contributed by atoms with Gasteiger partial charge in [-0.2, -0.15) is 4.98 Å². The Bertz CT molecular complexity index is 4610. The standard InChI is InChI=1S/C25H20FNO.C25H23NSi.C22H14N4O3/c1-28-25-16-8-21(9-17-25)20-6-14-24(15-7-20)27-23-12-4-19(5-13-23)18-2-10-22(26)11-3-18;1-27(2,3)21-14-12-20(13-15-21)26-23-16-19-8-4-6-17-10-11-18-7-5-9-22(23)25(18)24(17)19;27-26(28)17-8-4-7-15(11-17)24-16-9-10-18-19-13-23-21(14-5-2-1-3-6-14)25-22(19)29-20(18)12-16/h2-17,27H,1H3;4-16,26H,1-3H3;1-13,24H. The fourth-order valence-electron chi connectivity index (χ4n) is 10.4. The predicted molar refractivity (Wildman–Crippen MR) is 348 cm³/mol.